The van der Waals surface area contributed by atoms with Crippen molar-refractivity contribution in [2.24, 2.45) is 0 Å². The maximum absolute atomic E-state index is 10.4. The summed E-state index contributed by atoms with van der Waals surface area (Å²) in [4.78, 5) is 10.4. The number of hydrogen-bond donors (Lipinski definition) is 1. The summed E-state index contributed by atoms with van der Waals surface area (Å²) in [5.41, 5.74) is 0. The minimum atomic E-state index is -0.399. The number of carbonyl (C=O) groups is 1. The Morgan fingerprint density at radius 1 is 1.64 bits per heavy atom. The monoisotopic (exact) mass is 337 g/mol. The van der Waals surface area contributed by atoms with E-state index in [4.69, 9.17) is 9.84 Å². The van der Waals surface area contributed by atoms with E-state index in [2.05, 4.69) is 0 Å². The van der Waals surface area contributed by atoms with Gasteiger partial charge in [0.2, 0.25) is 0 Å². The molecule has 1 unspecified atom stereocenters. The molecule has 0 bridgehead atoms. The second-order valence-corrected chi connectivity index (χ2v) is 2.06. The SMILES string of the molecule is COC(C)/C(O)=C/C(C)=O.[Ir]. The van der Waals surface area contributed by atoms with Gasteiger partial charge in [-0.05, 0) is 13.8 Å². The van der Waals surface area contributed by atoms with Crippen LogP contribution in [0.2, 0.25) is 0 Å². The number of ether oxygens (including phenoxy) is 1. The number of ketones is 1. The van der Waals surface area contributed by atoms with Crippen LogP contribution in [0, 0.1) is 0 Å². The molecule has 0 saturated heterocycles. The molecule has 0 aliphatic rings. The van der Waals surface area contributed by atoms with Crippen LogP contribution in [-0.2, 0) is 29.6 Å². The van der Waals surface area contributed by atoms with E-state index in [1.165, 1.54) is 14.0 Å². The smallest absolute Gasteiger partial charge is 0.156 e. The van der Waals surface area contributed by atoms with Gasteiger partial charge in [0.15, 0.2) is 5.78 Å². The van der Waals surface area contributed by atoms with Gasteiger partial charge in [0, 0.05) is 33.3 Å². The summed E-state index contributed by atoms with van der Waals surface area (Å²) in [5, 5.41) is 9.00. The maximum Gasteiger partial charge on any atom is 0.156 e. The number of carbonyl (C=O) groups excluding carboxylic acids is 1. The second kappa shape index (κ2) is 6.52. The van der Waals surface area contributed by atoms with Crippen molar-refractivity contribution in [2.45, 2.75) is 20.0 Å². The molecule has 3 nitrogen and oxygen atoms in total. The van der Waals surface area contributed by atoms with Crippen molar-refractivity contribution in [1.29, 1.82) is 0 Å². The van der Waals surface area contributed by atoms with Gasteiger partial charge in [-0.15, -0.1) is 0 Å². The number of aliphatic hydroxyl groups is 1. The molecule has 0 aliphatic carbocycles. The number of aliphatic hydroxyl groups excluding tert-OH is 1. The molecule has 0 aromatic carbocycles. The zero-order chi connectivity index (χ0) is 8.15. The average Bonchev–Trinajstić information content (AvgIpc) is 1.85. The van der Waals surface area contributed by atoms with E-state index in [-0.39, 0.29) is 31.6 Å². The van der Waals surface area contributed by atoms with E-state index < -0.39 is 6.10 Å². The topological polar surface area (TPSA) is 46.5 Å². The molecule has 67 valence electrons. The first-order valence-corrected chi connectivity index (χ1v) is 3.02. The van der Waals surface area contributed by atoms with E-state index >= 15 is 0 Å². The first kappa shape index (κ1) is 13.4. The van der Waals surface area contributed by atoms with Crippen molar-refractivity contribution < 1.29 is 34.7 Å². The fourth-order valence-electron chi connectivity index (χ4n) is 0.446. The van der Waals surface area contributed by atoms with Crippen LogP contribution in [0.15, 0.2) is 11.8 Å². The summed E-state index contributed by atoms with van der Waals surface area (Å²) < 4.78 is 4.74. The van der Waals surface area contributed by atoms with Crippen LogP contribution in [-0.4, -0.2) is 24.1 Å². The van der Waals surface area contributed by atoms with E-state index in [0.717, 1.165) is 6.08 Å². The number of rotatable bonds is 3. The second-order valence-electron chi connectivity index (χ2n) is 2.06. The van der Waals surface area contributed by atoms with Crippen molar-refractivity contribution in [2.75, 3.05) is 7.11 Å². The molecule has 0 heterocycles. The molecule has 1 N–H and O–H groups in total. The molecule has 1 radical (unpaired) electrons. The molecule has 0 fully saturated rings. The van der Waals surface area contributed by atoms with E-state index in [1.54, 1.807) is 6.92 Å². The Labute approximate surface area is 79.8 Å². The molecule has 0 spiro atoms. The van der Waals surface area contributed by atoms with E-state index in [1.807, 2.05) is 0 Å². The molecule has 0 aromatic rings. The molecular weight excluding hydrogens is 324 g/mol. The third kappa shape index (κ3) is 6.23. The predicted molar refractivity (Wildman–Crippen MR) is 37.9 cm³/mol. The number of allylic oxidation sites excluding steroid dienone is 1. The van der Waals surface area contributed by atoms with Crippen LogP contribution in [0.1, 0.15) is 13.8 Å². The van der Waals surface area contributed by atoms with Gasteiger partial charge < -0.3 is 9.84 Å². The molecule has 4 heteroatoms. The number of hydrogen-bond acceptors (Lipinski definition) is 3. The zero-order valence-corrected chi connectivity index (χ0v) is 9.15. The Morgan fingerprint density at radius 2 is 2.09 bits per heavy atom. The molecule has 0 aliphatic heterocycles. The molecule has 11 heavy (non-hydrogen) atoms. The van der Waals surface area contributed by atoms with Gasteiger partial charge >= 0.3 is 0 Å². The Bertz CT molecular complexity index is 154. The summed E-state index contributed by atoms with van der Waals surface area (Å²) >= 11 is 0. The summed E-state index contributed by atoms with van der Waals surface area (Å²) in [6, 6.07) is 0. The van der Waals surface area contributed by atoms with Crippen LogP contribution < -0.4 is 0 Å². The van der Waals surface area contributed by atoms with Gasteiger partial charge in [0.1, 0.15) is 11.9 Å². The van der Waals surface area contributed by atoms with Gasteiger partial charge in [0.25, 0.3) is 0 Å². The Kier molecular flexibility index (Phi) is 7.96. The van der Waals surface area contributed by atoms with Gasteiger partial charge in [0.05, 0.1) is 0 Å². The number of methoxy groups -OCH3 is 1. The fourth-order valence-corrected chi connectivity index (χ4v) is 0.446. The molecular formula is C7H12IrO3. The van der Waals surface area contributed by atoms with Crippen molar-refractivity contribution in [1.82, 2.24) is 0 Å². The van der Waals surface area contributed by atoms with Crippen molar-refractivity contribution in [3.8, 4) is 0 Å². The first-order chi connectivity index (χ1) is 4.57. The minimum Gasteiger partial charge on any atom is -0.509 e. The molecule has 0 aromatic heterocycles. The Hall–Kier alpha value is -0.181. The van der Waals surface area contributed by atoms with Crippen molar-refractivity contribution in [3.63, 3.8) is 0 Å². The van der Waals surface area contributed by atoms with Crippen LogP contribution in [0.4, 0.5) is 0 Å². The van der Waals surface area contributed by atoms with Crippen LogP contribution in [0.25, 0.3) is 0 Å². The zero-order valence-electron chi connectivity index (χ0n) is 6.75. The summed E-state index contributed by atoms with van der Waals surface area (Å²) in [5.74, 6) is -0.212. The van der Waals surface area contributed by atoms with Crippen LogP contribution in [0.5, 0.6) is 0 Å². The fraction of sp³-hybridized carbons (Fsp3) is 0.571. The van der Waals surface area contributed by atoms with Gasteiger partial charge in [-0.25, -0.2) is 0 Å². The first-order valence-electron chi connectivity index (χ1n) is 3.02. The third-order valence-electron chi connectivity index (χ3n) is 1.12. The van der Waals surface area contributed by atoms with Crippen LogP contribution in [0.3, 0.4) is 0 Å². The quantitative estimate of drug-likeness (QED) is 0.619. The van der Waals surface area contributed by atoms with Gasteiger partial charge in [-0.2, -0.15) is 0 Å². The molecule has 1 atom stereocenters. The summed E-state index contributed by atoms with van der Waals surface area (Å²) in [7, 11) is 1.47. The molecule has 0 saturated carbocycles. The predicted octanol–water partition coefficient (Wildman–Crippen LogP) is 1.05. The van der Waals surface area contributed by atoms with Gasteiger partial charge in [-0.3, -0.25) is 4.79 Å². The third-order valence-corrected chi connectivity index (χ3v) is 1.12. The largest absolute Gasteiger partial charge is 0.509 e. The van der Waals surface area contributed by atoms with E-state index in [0.29, 0.717) is 0 Å². The Morgan fingerprint density at radius 3 is 2.36 bits per heavy atom. The standard InChI is InChI=1S/C7H12O3.Ir/c1-5(8)4-7(9)6(2)10-3;/h4,6,9H,1-3H3;/b7-4-;. The van der Waals surface area contributed by atoms with Crippen molar-refractivity contribution in [3.05, 3.63) is 11.8 Å². The summed E-state index contributed by atoms with van der Waals surface area (Å²) in [6.07, 6.45) is 0.748. The molecule has 0 rings (SSSR count). The minimum absolute atomic E-state index is 0. The van der Waals surface area contributed by atoms with Crippen molar-refractivity contribution >= 4 is 5.78 Å². The maximum atomic E-state index is 10.4. The molecule has 0 amide bonds. The normalized spacial score (nSPS) is 13.5. The van der Waals surface area contributed by atoms with Gasteiger partial charge in [-0.1, -0.05) is 0 Å². The van der Waals surface area contributed by atoms with E-state index in [9.17, 15) is 4.79 Å². The Balaban J connectivity index is 0. The van der Waals surface area contributed by atoms with Crippen LogP contribution >= 0.6 is 0 Å². The summed E-state index contributed by atoms with van der Waals surface area (Å²) in [6.45, 7) is 3.04. The average molecular weight is 336 g/mol.